The highest BCUT2D eigenvalue weighted by molar-refractivity contribution is 6.26. The molecule has 130 valence electrons. The number of aliphatic carboxylic acids is 1. The summed E-state index contributed by atoms with van der Waals surface area (Å²) >= 11 is 0. The predicted octanol–water partition coefficient (Wildman–Crippen LogP) is -0.258. The van der Waals surface area contributed by atoms with Crippen LogP contribution in [0.4, 0.5) is 0 Å². The number of ketones is 1. The molecule has 0 aliphatic carbocycles. The molecule has 0 bridgehead atoms. The molecule has 9 nitrogen and oxygen atoms in total. The zero-order chi connectivity index (χ0) is 18.0. The number of carboxylic acid groups (broad SMARTS) is 1. The number of nitrogens with zero attached hydrogens (tertiary/aromatic N) is 1. The van der Waals surface area contributed by atoms with E-state index in [0.717, 1.165) is 5.39 Å². The van der Waals surface area contributed by atoms with Crippen LogP contribution in [0.2, 0.25) is 0 Å². The molecular weight excluding hydrogens is 330 g/mol. The number of H-pyrrole nitrogens is 1. The van der Waals surface area contributed by atoms with Crippen LogP contribution in [0.15, 0.2) is 41.7 Å². The fraction of sp³-hybridized carbons (Fsp3) is 0.188. The van der Waals surface area contributed by atoms with Gasteiger partial charge in [-0.1, -0.05) is 0 Å². The van der Waals surface area contributed by atoms with E-state index in [-0.39, 0.29) is 18.2 Å². The number of aromatic amines is 1. The number of rotatable bonds is 6. The van der Waals surface area contributed by atoms with Crippen molar-refractivity contribution in [2.75, 3.05) is 13.2 Å². The minimum Gasteiger partial charge on any atom is -0.477 e. The van der Waals surface area contributed by atoms with Gasteiger partial charge in [0.1, 0.15) is 5.65 Å². The Morgan fingerprint density at radius 3 is 3.00 bits per heavy atom. The first-order valence-electron chi connectivity index (χ1n) is 7.38. The van der Waals surface area contributed by atoms with Gasteiger partial charge in [0, 0.05) is 29.9 Å². The molecule has 0 aromatic carbocycles. The lowest BCUT2D eigenvalue weighted by Gasteiger charge is -2.10. The molecule has 3 rings (SSSR count). The molecule has 2 aromatic heterocycles. The SMILES string of the molecule is O=C(O)C1=C(NCC(O)CO)OC(=Cc2c[nH]c3ncccc23)C1=O. The molecule has 25 heavy (non-hydrogen) atoms. The molecule has 1 unspecified atom stereocenters. The van der Waals surface area contributed by atoms with Crippen LogP contribution in [0.25, 0.3) is 17.1 Å². The van der Waals surface area contributed by atoms with Crippen LogP contribution >= 0.6 is 0 Å². The molecular formula is C16H15N3O6. The Balaban J connectivity index is 1.90. The molecule has 0 fully saturated rings. The summed E-state index contributed by atoms with van der Waals surface area (Å²) in [7, 11) is 0. The van der Waals surface area contributed by atoms with Crippen molar-refractivity contribution in [1.29, 1.82) is 0 Å². The second-order valence-corrected chi connectivity index (χ2v) is 5.31. The Morgan fingerprint density at radius 2 is 2.28 bits per heavy atom. The van der Waals surface area contributed by atoms with Gasteiger partial charge >= 0.3 is 5.97 Å². The normalized spacial score (nSPS) is 17.2. The lowest BCUT2D eigenvalue weighted by atomic mass is 10.1. The number of carboxylic acids is 1. The van der Waals surface area contributed by atoms with Gasteiger partial charge in [0.05, 0.1) is 12.7 Å². The average molecular weight is 345 g/mol. The van der Waals surface area contributed by atoms with Gasteiger partial charge in [0.2, 0.25) is 11.7 Å². The first-order chi connectivity index (χ1) is 12.0. The van der Waals surface area contributed by atoms with Crippen molar-refractivity contribution in [1.82, 2.24) is 15.3 Å². The average Bonchev–Trinajstić information content (AvgIpc) is 3.14. The first kappa shape index (κ1) is 16.7. The summed E-state index contributed by atoms with van der Waals surface area (Å²) in [5.41, 5.74) is 0.679. The predicted molar refractivity (Wildman–Crippen MR) is 85.9 cm³/mol. The van der Waals surface area contributed by atoms with Crippen molar-refractivity contribution in [3.05, 3.63) is 47.3 Å². The summed E-state index contributed by atoms with van der Waals surface area (Å²) in [6.07, 6.45) is 3.55. The lowest BCUT2D eigenvalue weighted by Crippen LogP contribution is -2.30. The number of nitrogens with one attached hydrogen (secondary N) is 2. The van der Waals surface area contributed by atoms with Gasteiger partial charge in [0.15, 0.2) is 11.3 Å². The molecule has 0 amide bonds. The van der Waals surface area contributed by atoms with E-state index in [9.17, 15) is 19.8 Å². The van der Waals surface area contributed by atoms with Crippen molar-refractivity contribution in [2.45, 2.75) is 6.10 Å². The summed E-state index contributed by atoms with van der Waals surface area (Å²) < 4.78 is 5.34. The summed E-state index contributed by atoms with van der Waals surface area (Å²) in [5.74, 6) is -2.67. The molecule has 0 radical (unpaired) electrons. The Bertz CT molecular complexity index is 898. The van der Waals surface area contributed by atoms with Crippen molar-refractivity contribution < 1.29 is 29.6 Å². The molecule has 0 spiro atoms. The Morgan fingerprint density at radius 1 is 1.48 bits per heavy atom. The van der Waals surface area contributed by atoms with E-state index in [1.54, 1.807) is 24.5 Å². The van der Waals surface area contributed by atoms with Crippen molar-refractivity contribution in [3.8, 4) is 0 Å². The van der Waals surface area contributed by atoms with Crippen molar-refractivity contribution >= 4 is 28.9 Å². The molecule has 9 heteroatoms. The Hall–Kier alpha value is -3.17. The van der Waals surface area contributed by atoms with Gasteiger partial charge in [-0.05, 0) is 18.2 Å². The molecule has 1 aliphatic heterocycles. The van der Waals surface area contributed by atoms with Gasteiger partial charge < -0.3 is 30.4 Å². The summed E-state index contributed by atoms with van der Waals surface area (Å²) in [4.78, 5) is 30.7. The smallest absolute Gasteiger partial charge is 0.345 e. The fourth-order valence-corrected chi connectivity index (χ4v) is 2.36. The number of Topliss-reactive ketones (excluding diaryl/α,β-unsaturated/α-hetero) is 1. The van der Waals surface area contributed by atoms with E-state index in [1.807, 2.05) is 0 Å². The maximum absolute atomic E-state index is 12.3. The molecule has 5 N–H and O–H groups in total. The Kier molecular flexibility index (Phi) is 4.50. The minimum absolute atomic E-state index is 0.164. The highest BCUT2D eigenvalue weighted by Gasteiger charge is 2.36. The zero-order valence-electron chi connectivity index (χ0n) is 12.9. The molecule has 1 aliphatic rings. The summed E-state index contributed by atoms with van der Waals surface area (Å²) in [6.45, 7) is -0.679. The van der Waals surface area contributed by atoms with E-state index < -0.39 is 30.0 Å². The minimum atomic E-state index is -1.45. The van der Waals surface area contributed by atoms with Crippen LogP contribution < -0.4 is 5.32 Å². The maximum Gasteiger partial charge on any atom is 0.345 e. The summed E-state index contributed by atoms with van der Waals surface area (Å²) in [6, 6.07) is 3.53. The number of hydrogen-bond acceptors (Lipinski definition) is 7. The largest absolute Gasteiger partial charge is 0.477 e. The zero-order valence-corrected chi connectivity index (χ0v) is 12.9. The number of ether oxygens (including phenoxy) is 1. The number of hydrogen-bond donors (Lipinski definition) is 5. The van der Waals surface area contributed by atoms with Crippen LogP contribution in [0.3, 0.4) is 0 Å². The van der Waals surface area contributed by atoms with Crippen LogP contribution in [0.5, 0.6) is 0 Å². The van der Waals surface area contributed by atoms with E-state index >= 15 is 0 Å². The third kappa shape index (κ3) is 3.23. The fourth-order valence-electron chi connectivity index (χ4n) is 2.36. The number of carbonyl (C=O) groups is 2. The third-order valence-corrected chi connectivity index (χ3v) is 3.58. The first-order valence-corrected chi connectivity index (χ1v) is 7.38. The highest BCUT2D eigenvalue weighted by atomic mass is 16.5. The van der Waals surface area contributed by atoms with Crippen LogP contribution in [-0.4, -0.2) is 56.3 Å². The number of aliphatic hydroxyl groups is 2. The van der Waals surface area contributed by atoms with E-state index in [1.165, 1.54) is 6.08 Å². The van der Waals surface area contributed by atoms with Gasteiger partial charge in [-0.2, -0.15) is 0 Å². The molecule has 0 saturated heterocycles. The molecule has 3 heterocycles. The standard InChI is InChI=1S/C16H15N3O6/c20-7-9(21)6-19-15-12(16(23)24)13(22)11(25-15)4-8-5-18-14-10(8)2-1-3-17-14/h1-5,9,19-21H,6-7H2,(H,17,18)(H,23,24). The molecule has 1 atom stereocenters. The number of aliphatic hydroxyl groups excluding tert-OH is 2. The highest BCUT2D eigenvalue weighted by Crippen LogP contribution is 2.27. The number of fused-ring (bicyclic) bond motifs is 1. The van der Waals surface area contributed by atoms with Gasteiger partial charge in [-0.25, -0.2) is 9.78 Å². The second kappa shape index (κ2) is 6.75. The van der Waals surface area contributed by atoms with Crippen molar-refractivity contribution in [3.63, 3.8) is 0 Å². The maximum atomic E-state index is 12.3. The lowest BCUT2D eigenvalue weighted by molar-refractivity contribution is -0.134. The summed E-state index contributed by atoms with van der Waals surface area (Å²) in [5, 5.41) is 30.7. The number of carbonyl (C=O) groups excluding carboxylic acids is 1. The van der Waals surface area contributed by atoms with E-state index in [2.05, 4.69) is 15.3 Å². The van der Waals surface area contributed by atoms with Gasteiger partial charge in [-0.3, -0.25) is 4.79 Å². The van der Waals surface area contributed by atoms with Gasteiger partial charge in [-0.15, -0.1) is 0 Å². The number of pyridine rings is 1. The number of allylic oxidation sites excluding steroid dienone is 1. The topological polar surface area (TPSA) is 145 Å². The second-order valence-electron chi connectivity index (χ2n) is 5.31. The molecule has 2 aromatic rings. The van der Waals surface area contributed by atoms with Crippen LogP contribution in [0.1, 0.15) is 5.56 Å². The quantitative estimate of drug-likeness (QED) is 0.356. The van der Waals surface area contributed by atoms with Crippen LogP contribution in [0, 0.1) is 0 Å². The number of aromatic nitrogens is 2. The van der Waals surface area contributed by atoms with E-state index in [4.69, 9.17) is 9.84 Å². The van der Waals surface area contributed by atoms with Crippen molar-refractivity contribution in [2.24, 2.45) is 0 Å². The Labute approximate surface area is 141 Å². The molecule has 0 saturated carbocycles. The van der Waals surface area contributed by atoms with Crippen LogP contribution in [-0.2, 0) is 14.3 Å². The third-order valence-electron chi connectivity index (χ3n) is 3.58. The monoisotopic (exact) mass is 345 g/mol. The van der Waals surface area contributed by atoms with Gasteiger partial charge in [0.25, 0.3) is 0 Å². The van der Waals surface area contributed by atoms with E-state index in [0.29, 0.717) is 11.2 Å².